The molecule has 2 aromatic carbocycles. The molecule has 0 spiro atoms. The van der Waals surface area contributed by atoms with Gasteiger partial charge in [-0.25, -0.2) is 0 Å². The molecule has 0 aliphatic rings. The molecule has 0 saturated heterocycles. The highest BCUT2D eigenvalue weighted by Gasteiger charge is 2.16. The Morgan fingerprint density at radius 2 is 1.86 bits per heavy atom. The minimum Gasteiger partial charge on any atom is -0.493 e. The summed E-state index contributed by atoms with van der Waals surface area (Å²) in [7, 11) is 0. The number of carbonyl (C=O) groups is 1. The number of nitrogens with zero attached hydrogens (tertiary/aromatic N) is 7. The summed E-state index contributed by atoms with van der Waals surface area (Å²) >= 11 is 0. The van der Waals surface area contributed by atoms with Crippen LogP contribution in [0.15, 0.2) is 64.8 Å². The van der Waals surface area contributed by atoms with Gasteiger partial charge >= 0.3 is 0 Å². The molecule has 140 valence electrons. The molecule has 2 heterocycles. The predicted molar refractivity (Wildman–Crippen MR) is 102 cm³/mol. The zero-order valence-electron chi connectivity index (χ0n) is 15.1. The molecule has 9 heteroatoms. The highest BCUT2D eigenvalue weighted by molar-refractivity contribution is 5.95. The topological polar surface area (TPSA) is 111 Å². The summed E-state index contributed by atoms with van der Waals surface area (Å²) in [5, 5.41) is 30.8. The lowest BCUT2D eigenvalue weighted by molar-refractivity contribution is -0.119. The Balaban J connectivity index is 1.54. The van der Waals surface area contributed by atoms with E-state index in [0.717, 1.165) is 16.5 Å². The SMILES string of the molecule is CCn1c(O)c(N=NC(=O)Cn2nnc(-c3ccccc3)n2)c2ccccc21. The van der Waals surface area contributed by atoms with E-state index in [4.69, 9.17) is 0 Å². The second-order valence-corrected chi connectivity index (χ2v) is 6.04. The van der Waals surface area contributed by atoms with Crippen molar-refractivity contribution in [2.75, 3.05) is 0 Å². The number of amides is 1. The molecule has 9 nitrogen and oxygen atoms in total. The number of fused-ring (bicyclic) bond motifs is 1. The quantitative estimate of drug-likeness (QED) is 0.538. The normalized spacial score (nSPS) is 11.5. The van der Waals surface area contributed by atoms with Crippen molar-refractivity contribution >= 4 is 22.5 Å². The van der Waals surface area contributed by atoms with E-state index in [9.17, 15) is 9.90 Å². The Labute approximate surface area is 159 Å². The molecule has 0 aliphatic carbocycles. The maximum absolute atomic E-state index is 12.2. The summed E-state index contributed by atoms with van der Waals surface area (Å²) in [4.78, 5) is 13.3. The standard InChI is InChI=1S/C19H17N7O2/c1-2-25-15-11-7-6-10-14(15)17(19(25)28)21-20-16(27)12-26-23-18(22-24-26)13-8-4-3-5-9-13/h3-11,28H,2,12H2,1H3. The van der Waals surface area contributed by atoms with E-state index in [2.05, 4.69) is 25.6 Å². The molecule has 1 amide bonds. The fraction of sp³-hybridized carbons (Fsp3) is 0.158. The van der Waals surface area contributed by atoms with Gasteiger partial charge in [-0.2, -0.15) is 4.80 Å². The van der Waals surface area contributed by atoms with Gasteiger partial charge in [0.2, 0.25) is 11.7 Å². The molecule has 28 heavy (non-hydrogen) atoms. The molecule has 0 unspecified atom stereocenters. The first-order valence-corrected chi connectivity index (χ1v) is 8.75. The van der Waals surface area contributed by atoms with Crippen molar-refractivity contribution < 1.29 is 9.90 Å². The number of benzene rings is 2. The van der Waals surface area contributed by atoms with E-state index < -0.39 is 5.91 Å². The van der Waals surface area contributed by atoms with Crippen LogP contribution in [0.25, 0.3) is 22.3 Å². The van der Waals surface area contributed by atoms with Crippen LogP contribution in [0.2, 0.25) is 0 Å². The Morgan fingerprint density at radius 1 is 1.11 bits per heavy atom. The smallest absolute Gasteiger partial charge is 0.287 e. The summed E-state index contributed by atoms with van der Waals surface area (Å²) in [6, 6.07) is 16.8. The monoisotopic (exact) mass is 375 g/mol. The van der Waals surface area contributed by atoms with Gasteiger partial charge in [0, 0.05) is 17.5 Å². The van der Waals surface area contributed by atoms with Crippen LogP contribution in [0.1, 0.15) is 6.92 Å². The van der Waals surface area contributed by atoms with Crippen LogP contribution >= 0.6 is 0 Å². The molecule has 4 aromatic rings. The van der Waals surface area contributed by atoms with Gasteiger partial charge in [-0.1, -0.05) is 48.5 Å². The van der Waals surface area contributed by atoms with Crippen molar-refractivity contribution in [3.8, 4) is 17.3 Å². The molecule has 0 bridgehead atoms. The molecule has 2 aromatic heterocycles. The van der Waals surface area contributed by atoms with Gasteiger partial charge in [0.05, 0.1) is 5.52 Å². The number of aromatic hydroxyl groups is 1. The van der Waals surface area contributed by atoms with E-state index in [1.165, 1.54) is 4.80 Å². The zero-order chi connectivity index (χ0) is 19.5. The van der Waals surface area contributed by atoms with Gasteiger partial charge in [-0.15, -0.1) is 20.4 Å². The van der Waals surface area contributed by atoms with E-state index in [1.54, 1.807) is 4.57 Å². The van der Waals surface area contributed by atoms with Crippen molar-refractivity contribution in [3.05, 3.63) is 54.6 Å². The summed E-state index contributed by atoms with van der Waals surface area (Å²) < 4.78 is 1.71. The maximum atomic E-state index is 12.2. The summed E-state index contributed by atoms with van der Waals surface area (Å²) in [5.41, 5.74) is 1.90. The average Bonchev–Trinajstić information content (AvgIpc) is 3.29. The van der Waals surface area contributed by atoms with Crippen molar-refractivity contribution in [2.45, 2.75) is 20.0 Å². The third kappa shape index (κ3) is 3.25. The highest BCUT2D eigenvalue weighted by Crippen LogP contribution is 2.38. The van der Waals surface area contributed by atoms with Gasteiger partial charge < -0.3 is 9.67 Å². The van der Waals surface area contributed by atoms with Gasteiger partial charge in [-0.3, -0.25) is 4.79 Å². The van der Waals surface area contributed by atoms with Crippen LogP contribution in [0.4, 0.5) is 5.69 Å². The minimum absolute atomic E-state index is 0.0227. The van der Waals surface area contributed by atoms with Gasteiger partial charge in [0.15, 0.2) is 5.69 Å². The fourth-order valence-electron chi connectivity index (χ4n) is 2.96. The predicted octanol–water partition coefficient (Wildman–Crippen LogP) is 3.33. The van der Waals surface area contributed by atoms with Crippen LogP contribution in [0.3, 0.4) is 0 Å². The van der Waals surface area contributed by atoms with Gasteiger partial charge in [-0.05, 0) is 18.2 Å². The summed E-state index contributed by atoms with van der Waals surface area (Å²) in [5.74, 6) is -0.149. The molecule has 0 saturated carbocycles. The largest absolute Gasteiger partial charge is 0.493 e. The number of hydrogen-bond acceptors (Lipinski definition) is 6. The first kappa shape index (κ1) is 17.5. The number of aryl methyl sites for hydroxylation is 1. The number of tetrazole rings is 1. The third-order valence-corrected chi connectivity index (χ3v) is 4.26. The van der Waals surface area contributed by atoms with Gasteiger partial charge in [0.1, 0.15) is 6.54 Å². The summed E-state index contributed by atoms with van der Waals surface area (Å²) in [6.07, 6.45) is 0. The number of para-hydroxylation sites is 1. The highest BCUT2D eigenvalue weighted by atomic mass is 16.3. The number of aromatic nitrogens is 5. The number of azo groups is 1. The maximum Gasteiger partial charge on any atom is 0.287 e. The van der Waals surface area contributed by atoms with Crippen LogP contribution < -0.4 is 0 Å². The Hall–Kier alpha value is -3.88. The lowest BCUT2D eigenvalue weighted by Crippen LogP contribution is -2.10. The van der Waals surface area contributed by atoms with Crippen LogP contribution in [0.5, 0.6) is 5.88 Å². The second kappa shape index (κ2) is 7.39. The average molecular weight is 375 g/mol. The van der Waals surface area contributed by atoms with Crippen LogP contribution in [-0.2, 0) is 17.9 Å². The Morgan fingerprint density at radius 3 is 2.64 bits per heavy atom. The summed E-state index contributed by atoms with van der Waals surface area (Å²) in [6.45, 7) is 2.29. The molecular weight excluding hydrogens is 358 g/mol. The van der Waals surface area contributed by atoms with Crippen LogP contribution in [0, 0.1) is 0 Å². The van der Waals surface area contributed by atoms with Crippen molar-refractivity contribution in [1.82, 2.24) is 24.8 Å². The molecule has 4 rings (SSSR count). The number of hydrogen-bond donors (Lipinski definition) is 1. The van der Waals surface area contributed by atoms with E-state index in [0.29, 0.717) is 12.4 Å². The van der Waals surface area contributed by atoms with E-state index >= 15 is 0 Å². The van der Waals surface area contributed by atoms with Crippen molar-refractivity contribution in [2.24, 2.45) is 10.2 Å². The lowest BCUT2D eigenvalue weighted by atomic mass is 10.2. The molecule has 0 fully saturated rings. The molecule has 0 aliphatic heterocycles. The van der Waals surface area contributed by atoms with Crippen molar-refractivity contribution in [3.63, 3.8) is 0 Å². The van der Waals surface area contributed by atoms with Crippen LogP contribution in [-0.4, -0.2) is 35.8 Å². The van der Waals surface area contributed by atoms with Crippen molar-refractivity contribution in [1.29, 1.82) is 0 Å². The minimum atomic E-state index is -0.551. The lowest BCUT2D eigenvalue weighted by Gasteiger charge is -2.00. The molecular formula is C19H17N7O2. The van der Waals surface area contributed by atoms with E-state index in [1.807, 2.05) is 61.5 Å². The third-order valence-electron chi connectivity index (χ3n) is 4.26. The molecule has 0 atom stereocenters. The van der Waals surface area contributed by atoms with Gasteiger partial charge in [0.25, 0.3) is 5.91 Å². The number of carbonyl (C=O) groups excluding carboxylic acids is 1. The fourth-order valence-corrected chi connectivity index (χ4v) is 2.96. The molecule has 0 radical (unpaired) electrons. The first-order chi connectivity index (χ1) is 13.7. The zero-order valence-corrected chi connectivity index (χ0v) is 15.1. The van der Waals surface area contributed by atoms with E-state index in [-0.39, 0.29) is 18.1 Å². The Bertz CT molecular complexity index is 1160. The number of rotatable bonds is 5. The molecule has 1 N–H and O–H groups in total. The Kier molecular flexibility index (Phi) is 4.63. The second-order valence-electron chi connectivity index (χ2n) is 6.04. The first-order valence-electron chi connectivity index (χ1n) is 8.75.